The van der Waals surface area contributed by atoms with Crippen molar-refractivity contribution >= 4 is 17.7 Å². The summed E-state index contributed by atoms with van der Waals surface area (Å²) in [6.45, 7) is 5.31. The number of hydrogen-bond acceptors (Lipinski definition) is 8. The molecule has 10 nitrogen and oxygen atoms in total. The first-order valence-corrected chi connectivity index (χ1v) is 10.5. The molecule has 0 aromatic rings. The number of nitrogens with zero attached hydrogens (tertiary/aromatic N) is 1. The van der Waals surface area contributed by atoms with Crippen molar-refractivity contribution < 1.29 is 33.3 Å². The van der Waals surface area contributed by atoms with E-state index in [1.807, 2.05) is 0 Å². The van der Waals surface area contributed by atoms with Gasteiger partial charge in [0.1, 0.15) is 0 Å². The molecule has 3 N–H and O–H groups in total. The van der Waals surface area contributed by atoms with Gasteiger partial charge in [-0.3, -0.25) is 19.3 Å². The van der Waals surface area contributed by atoms with Crippen LogP contribution in [0.3, 0.4) is 0 Å². The number of rotatable bonds is 20. The van der Waals surface area contributed by atoms with Gasteiger partial charge in [0, 0.05) is 38.2 Å². The van der Waals surface area contributed by atoms with E-state index in [4.69, 9.17) is 24.7 Å². The van der Waals surface area contributed by atoms with Crippen LogP contribution in [0.2, 0.25) is 0 Å². The fourth-order valence-electron chi connectivity index (χ4n) is 2.58. The van der Waals surface area contributed by atoms with E-state index in [1.165, 1.54) is 17.1 Å². The minimum atomic E-state index is -0.263. The van der Waals surface area contributed by atoms with Crippen LogP contribution in [-0.2, 0) is 33.3 Å². The van der Waals surface area contributed by atoms with Gasteiger partial charge in [0.05, 0.1) is 52.9 Å². The zero-order valence-corrected chi connectivity index (χ0v) is 17.6. The Morgan fingerprint density at radius 2 is 1.33 bits per heavy atom. The summed E-state index contributed by atoms with van der Waals surface area (Å²) in [6.07, 6.45) is 5.17. The van der Waals surface area contributed by atoms with Gasteiger partial charge in [0.25, 0.3) is 11.8 Å². The Morgan fingerprint density at radius 1 is 0.800 bits per heavy atom. The Hall–Kier alpha value is -1.85. The van der Waals surface area contributed by atoms with Crippen molar-refractivity contribution in [2.24, 2.45) is 5.73 Å². The third-order valence-electron chi connectivity index (χ3n) is 4.13. The highest BCUT2D eigenvalue weighted by atomic mass is 16.6. The van der Waals surface area contributed by atoms with Crippen LogP contribution in [0.25, 0.3) is 0 Å². The van der Waals surface area contributed by atoms with Crippen molar-refractivity contribution in [2.75, 3.05) is 72.5 Å². The van der Waals surface area contributed by atoms with Crippen LogP contribution in [0.1, 0.15) is 25.7 Å². The average Bonchev–Trinajstić information content (AvgIpc) is 3.05. The van der Waals surface area contributed by atoms with Crippen molar-refractivity contribution in [3.05, 3.63) is 12.2 Å². The van der Waals surface area contributed by atoms with Crippen LogP contribution in [0.15, 0.2) is 12.2 Å². The Kier molecular flexibility index (Phi) is 15.7. The quantitative estimate of drug-likeness (QED) is 0.198. The molecule has 1 aliphatic heterocycles. The molecule has 0 aliphatic carbocycles. The Morgan fingerprint density at radius 3 is 1.90 bits per heavy atom. The highest BCUT2D eigenvalue weighted by Crippen LogP contribution is 2.07. The van der Waals surface area contributed by atoms with Crippen LogP contribution < -0.4 is 11.1 Å². The third-order valence-corrected chi connectivity index (χ3v) is 4.13. The maximum atomic E-state index is 11.7. The van der Waals surface area contributed by atoms with Crippen molar-refractivity contribution in [2.45, 2.75) is 25.7 Å². The molecule has 172 valence electrons. The molecule has 3 amide bonds. The number of imide groups is 1. The van der Waals surface area contributed by atoms with Gasteiger partial charge < -0.3 is 30.0 Å². The zero-order valence-electron chi connectivity index (χ0n) is 17.6. The van der Waals surface area contributed by atoms with Gasteiger partial charge in [-0.25, -0.2) is 0 Å². The largest absolute Gasteiger partial charge is 0.378 e. The van der Waals surface area contributed by atoms with E-state index in [9.17, 15) is 14.4 Å². The number of hydrogen-bond donors (Lipinski definition) is 2. The summed E-state index contributed by atoms with van der Waals surface area (Å²) >= 11 is 0. The monoisotopic (exact) mass is 429 g/mol. The molecule has 30 heavy (non-hydrogen) atoms. The van der Waals surface area contributed by atoms with Gasteiger partial charge in [-0.05, 0) is 12.8 Å². The second-order valence-corrected chi connectivity index (χ2v) is 6.56. The van der Waals surface area contributed by atoms with Gasteiger partial charge in [0.15, 0.2) is 0 Å². The molecule has 0 saturated heterocycles. The highest BCUT2D eigenvalue weighted by Gasteiger charge is 2.22. The fraction of sp³-hybridized carbons (Fsp3) is 0.750. The number of unbranched alkanes of at least 4 members (excludes halogenated alkanes) is 2. The van der Waals surface area contributed by atoms with E-state index in [2.05, 4.69) is 5.32 Å². The number of carbonyl (C=O) groups is 3. The maximum absolute atomic E-state index is 11.7. The number of amides is 3. The fourth-order valence-corrected chi connectivity index (χ4v) is 2.58. The number of nitrogens with one attached hydrogen (secondary N) is 1. The average molecular weight is 430 g/mol. The lowest BCUT2D eigenvalue weighted by Gasteiger charge is -2.13. The van der Waals surface area contributed by atoms with Crippen LogP contribution in [0.5, 0.6) is 0 Å². The Bertz CT molecular complexity index is 511. The summed E-state index contributed by atoms with van der Waals surface area (Å²) in [5.41, 5.74) is 5.30. The van der Waals surface area contributed by atoms with Gasteiger partial charge in [-0.15, -0.1) is 0 Å². The lowest BCUT2D eigenvalue weighted by molar-refractivity contribution is -0.137. The van der Waals surface area contributed by atoms with Crippen molar-refractivity contribution in [1.82, 2.24) is 10.2 Å². The van der Waals surface area contributed by atoms with Crippen molar-refractivity contribution in [1.29, 1.82) is 0 Å². The normalized spacial score (nSPS) is 13.4. The third kappa shape index (κ3) is 13.4. The first-order valence-electron chi connectivity index (χ1n) is 10.5. The minimum Gasteiger partial charge on any atom is -0.378 e. The van der Waals surface area contributed by atoms with Gasteiger partial charge >= 0.3 is 0 Å². The lowest BCUT2D eigenvalue weighted by Crippen LogP contribution is -2.31. The summed E-state index contributed by atoms with van der Waals surface area (Å²) in [5, 5.41) is 2.80. The van der Waals surface area contributed by atoms with E-state index in [0.29, 0.717) is 91.8 Å². The van der Waals surface area contributed by atoms with E-state index in [0.717, 1.165) is 6.42 Å². The highest BCUT2D eigenvalue weighted by molar-refractivity contribution is 6.12. The predicted molar refractivity (Wildman–Crippen MR) is 110 cm³/mol. The molecule has 1 aliphatic rings. The topological polar surface area (TPSA) is 129 Å². The second-order valence-electron chi connectivity index (χ2n) is 6.56. The van der Waals surface area contributed by atoms with Gasteiger partial charge in [-0.1, -0.05) is 6.42 Å². The Balaban J connectivity index is 1.78. The molecule has 0 aromatic carbocycles. The predicted octanol–water partition coefficient (Wildman–Crippen LogP) is -0.387. The SMILES string of the molecule is NCCOCCOCCOCCOCCNC(=O)CCCCCN1C(=O)C=CC1=O. The maximum Gasteiger partial charge on any atom is 0.253 e. The molecule has 0 spiro atoms. The zero-order chi connectivity index (χ0) is 21.9. The molecule has 0 fully saturated rings. The van der Waals surface area contributed by atoms with E-state index >= 15 is 0 Å². The molecule has 10 heteroatoms. The van der Waals surface area contributed by atoms with E-state index in [1.54, 1.807) is 0 Å². The number of ether oxygens (including phenoxy) is 4. The molecule has 0 radical (unpaired) electrons. The minimum absolute atomic E-state index is 0.0302. The summed E-state index contributed by atoms with van der Waals surface area (Å²) in [7, 11) is 0. The Labute approximate surface area is 178 Å². The van der Waals surface area contributed by atoms with Gasteiger partial charge in [-0.2, -0.15) is 0 Å². The first kappa shape index (κ1) is 26.2. The van der Waals surface area contributed by atoms with Gasteiger partial charge in [0.2, 0.25) is 5.91 Å². The molecular formula is C20H35N3O7. The molecule has 1 rings (SSSR count). The van der Waals surface area contributed by atoms with Crippen LogP contribution >= 0.6 is 0 Å². The van der Waals surface area contributed by atoms with Crippen LogP contribution in [-0.4, -0.2) is 95.1 Å². The second kappa shape index (κ2) is 18.0. The lowest BCUT2D eigenvalue weighted by atomic mass is 10.2. The number of carbonyl (C=O) groups excluding carboxylic acids is 3. The van der Waals surface area contributed by atoms with E-state index < -0.39 is 0 Å². The van der Waals surface area contributed by atoms with Crippen molar-refractivity contribution in [3.8, 4) is 0 Å². The smallest absolute Gasteiger partial charge is 0.253 e. The van der Waals surface area contributed by atoms with Crippen LogP contribution in [0, 0.1) is 0 Å². The summed E-state index contributed by atoms with van der Waals surface area (Å²) in [6, 6.07) is 0. The summed E-state index contributed by atoms with van der Waals surface area (Å²) < 4.78 is 21.3. The standard InChI is InChI=1S/C20H35N3O7/c21-7-10-27-12-14-29-16-17-30-15-13-28-11-8-22-18(24)4-2-1-3-9-23-19(25)5-6-20(23)26/h5-6H,1-4,7-17,21H2,(H,22,24). The summed E-state index contributed by atoms with van der Waals surface area (Å²) in [5.74, 6) is -0.557. The molecule has 0 saturated carbocycles. The molecule has 0 unspecified atom stereocenters. The van der Waals surface area contributed by atoms with Crippen molar-refractivity contribution in [3.63, 3.8) is 0 Å². The number of nitrogens with two attached hydrogens (primary N) is 1. The molecule has 0 atom stereocenters. The van der Waals surface area contributed by atoms with E-state index in [-0.39, 0.29) is 17.7 Å². The molecule has 0 bridgehead atoms. The van der Waals surface area contributed by atoms with Crippen LogP contribution in [0.4, 0.5) is 0 Å². The molecule has 0 aromatic heterocycles. The molecular weight excluding hydrogens is 394 g/mol. The molecule has 1 heterocycles. The summed E-state index contributed by atoms with van der Waals surface area (Å²) in [4.78, 5) is 35.7. The first-order chi connectivity index (χ1) is 14.6.